The van der Waals surface area contributed by atoms with E-state index < -0.39 is 5.54 Å². The van der Waals surface area contributed by atoms with Gasteiger partial charge in [-0.05, 0) is 60.2 Å². The lowest BCUT2D eigenvalue weighted by atomic mass is 9.85. The zero-order valence-corrected chi connectivity index (χ0v) is 21.5. The molecule has 0 saturated carbocycles. The minimum atomic E-state index is -0.505. The van der Waals surface area contributed by atoms with E-state index in [9.17, 15) is 0 Å². The second-order valence-corrected chi connectivity index (χ2v) is 10.1. The van der Waals surface area contributed by atoms with E-state index in [4.69, 9.17) is 15.7 Å². The van der Waals surface area contributed by atoms with Crippen LogP contribution in [-0.2, 0) is 11.0 Å². The lowest BCUT2D eigenvalue weighted by molar-refractivity contribution is 0.387. The van der Waals surface area contributed by atoms with Crippen LogP contribution < -0.4 is 10.6 Å². The Morgan fingerprint density at radius 1 is 0.743 bits per heavy atom. The highest BCUT2D eigenvalue weighted by Crippen LogP contribution is 2.42. The summed E-state index contributed by atoms with van der Waals surface area (Å²) in [5.41, 5.74) is 12.7. The summed E-state index contributed by atoms with van der Waals surface area (Å²) in [6.45, 7) is 10.9. The lowest BCUT2D eigenvalue weighted by Gasteiger charge is -2.30. The molecule has 0 spiro atoms. The molecular weight excluding hydrogens is 428 g/mol. The fourth-order valence-electron chi connectivity index (χ4n) is 4.30. The largest absolute Gasteiger partial charge is 0.319 e. The molecule has 0 fully saturated rings. The number of rotatable bonds is 7. The Morgan fingerprint density at radius 3 is 1.71 bits per heavy atom. The number of hydrogen-bond acceptors (Lipinski definition) is 4. The molecule has 4 heteroatoms. The first-order chi connectivity index (χ1) is 16.8. The van der Waals surface area contributed by atoms with Crippen LogP contribution in [0.2, 0.25) is 0 Å². The van der Waals surface area contributed by atoms with Crippen LogP contribution in [0, 0.1) is 0 Å². The molecule has 1 aromatic heterocycles. The molecule has 1 heterocycles. The highest BCUT2D eigenvalue weighted by molar-refractivity contribution is 5.88. The number of anilines is 3. The van der Waals surface area contributed by atoms with Gasteiger partial charge in [0.15, 0.2) is 0 Å². The molecule has 4 nitrogen and oxygen atoms in total. The molecule has 180 valence electrons. The number of hydrogen-bond donors (Lipinski definition) is 1. The van der Waals surface area contributed by atoms with Crippen molar-refractivity contribution in [3.8, 4) is 11.1 Å². The number of aromatic nitrogens is 2. The quantitative estimate of drug-likeness (QED) is 0.302. The van der Waals surface area contributed by atoms with Crippen molar-refractivity contribution in [3.63, 3.8) is 0 Å². The maximum absolute atomic E-state index is 6.58. The van der Waals surface area contributed by atoms with Gasteiger partial charge >= 0.3 is 0 Å². The summed E-state index contributed by atoms with van der Waals surface area (Å²) in [7, 11) is 0. The molecular formula is C31H36N4. The van der Waals surface area contributed by atoms with E-state index in [1.54, 1.807) is 0 Å². The van der Waals surface area contributed by atoms with Gasteiger partial charge < -0.3 is 10.6 Å². The Morgan fingerprint density at radius 2 is 1.26 bits per heavy atom. The normalized spacial score (nSPS) is 11.9. The van der Waals surface area contributed by atoms with Crippen LogP contribution in [0.1, 0.15) is 58.8 Å². The van der Waals surface area contributed by atoms with Crippen molar-refractivity contribution >= 4 is 17.1 Å². The Balaban J connectivity index is 1.93. The minimum absolute atomic E-state index is 0.00916. The summed E-state index contributed by atoms with van der Waals surface area (Å²) in [5.74, 6) is 0.697. The first kappa shape index (κ1) is 24.6. The Labute approximate surface area is 209 Å². The molecule has 0 aliphatic carbocycles. The fraction of sp³-hybridized carbons (Fsp3) is 0.290. The lowest BCUT2D eigenvalue weighted by Crippen LogP contribution is -2.37. The summed E-state index contributed by atoms with van der Waals surface area (Å²) in [4.78, 5) is 11.8. The molecule has 0 amide bonds. The molecule has 0 saturated heterocycles. The Hall–Kier alpha value is -3.50. The minimum Gasteiger partial charge on any atom is -0.319 e. The maximum Gasteiger partial charge on any atom is 0.148 e. The predicted molar refractivity (Wildman–Crippen MR) is 147 cm³/mol. The van der Waals surface area contributed by atoms with Crippen LogP contribution in [0.25, 0.3) is 11.1 Å². The summed E-state index contributed by atoms with van der Waals surface area (Å²) < 4.78 is 0. The van der Waals surface area contributed by atoms with Gasteiger partial charge in [0.2, 0.25) is 0 Å². The van der Waals surface area contributed by atoms with Gasteiger partial charge in [-0.15, -0.1) is 0 Å². The van der Waals surface area contributed by atoms with E-state index in [0.717, 1.165) is 41.0 Å². The second kappa shape index (κ2) is 10.0. The van der Waals surface area contributed by atoms with Gasteiger partial charge in [0.25, 0.3) is 0 Å². The van der Waals surface area contributed by atoms with Crippen LogP contribution in [-0.4, -0.2) is 9.97 Å². The van der Waals surface area contributed by atoms with Gasteiger partial charge in [-0.1, -0.05) is 77.1 Å². The number of nitrogens with two attached hydrogens (primary N) is 1. The van der Waals surface area contributed by atoms with Gasteiger partial charge in [0.1, 0.15) is 5.82 Å². The van der Waals surface area contributed by atoms with Crippen LogP contribution >= 0.6 is 0 Å². The summed E-state index contributed by atoms with van der Waals surface area (Å²) >= 11 is 0. The van der Waals surface area contributed by atoms with Crippen LogP contribution in [0.15, 0.2) is 91.3 Å². The molecule has 0 bridgehead atoms. The molecule has 4 aromatic rings. The molecule has 0 unspecified atom stereocenters. The third kappa shape index (κ3) is 5.13. The molecule has 0 aliphatic heterocycles. The van der Waals surface area contributed by atoms with Gasteiger partial charge in [-0.25, -0.2) is 9.97 Å². The van der Waals surface area contributed by atoms with Gasteiger partial charge in [-0.3, -0.25) is 0 Å². The van der Waals surface area contributed by atoms with Gasteiger partial charge in [-0.2, -0.15) is 0 Å². The molecule has 0 radical (unpaired) electrons. The van der Waals surface area contributed by atoms with Gasteiger partial charge in [0.05, 0.1) is 11.2 Å². The zero-order valence-electron chi connectivity index (χ0n) is 21.5. The molecule has 0 atom stereocenters. The van der Waals surface area contributed by atoms with E-state index >= 15 is 0 Å². The molecule has 0 aliphatic rings. The van der Waals surface area contributed by atoms with E-state index in [2.05, 4.69) is 106 Å². The number of para-hydroxylation sites is 2. The van der Waals surface area contributed by atoms with Crippen LogP contribution in [0.5, 0.6) is 0 Å². The standard InChI is InChI=1S/C31H36N4/c1-6-31(32,7-2)29-33-21-23(22-34-29)27-20-24(30(3,4)5)18-19-28(27)35(25-14-10-8-11-15-25)26-16-12-9-13-17-26/h8-22H,6-7,32H2,1-5H3. The third-order valence-corrected chi connectivity index (χ3v) is 6.80. The van der Waals surface area contributed by atoms with Crippen molar-refractivity contribution in [1.29, 1.82) is 0 Å². The summed E-state index contributed by atoms with van der Waals surface area (Å²) in [6.07, 6.45) is 5.44. The summed E-state index contributed by atoms with van der Waals surface area (Å²) in [5, 5.41) is 0. The molecule has 3 aromatic carbocycles. The molecule has 4 rings (SSSR count). The monoisotopic (exact) mass is 464 g/mol. The van der Waals surface area contributed by atoms with Crippen molar-refractivity contribution in [2.75, 3.05) is 4.90 Å². The van der Waals surface area contributed by atoms with E-state index in [1.165, 1.54) is 5.56 Å². The van der Waals surface area contributed by atoms with Crippen molar-refractivity contribution in [2.45, 2.75) is 58.4 Å². The zero-order chi connectivity index (χ0) is 25.1. The maximum atomic E-state index is 6.58. The van der Waals surface area contributed by atoms with E-state index in [0.29, 0.717) is 5.82 Å². The fourth-order valence-corrected chi connectivity index (χ4v) is 4.30. The number of benzene rings is 3. The average Bonchev–Trinajstić information content (AvgIpc) is 2.89. The topological polar surface area (TPSA) is 55.0 Å². The van der Waals surface area contributed by atoms with Crippen molar-refractivity contribution < 1.29 is 0 Å². The van der Waals surface area contributed by atoms with Gasteiger partial charge in [0, 0.05) is 34.9 Å². The van der Waals surface area contributed by atoms with Crippen LogP contribution in [0.3, 0.4) is 0 Å². The SMILES string of the molecule is CCC(N)(CC)c1ncc(-c2cc(C(C)(C)C)ccc2N(c2ccccc2)c2ccccc2)cn1. The Kier molecular flexibility index (Phi) is 7.04. The average molecular weight is 465 g/mol. The summed E-state index contributed by atoms with van der Waals surface area (Å²) in [6, 6.07) is 27.7. The highest BCUT2D eigenvalue weighted by atomic mass is 15.1. The van der Waals surface area contributed by atoms with Crippen molar-refractivity contribution in [1.82, 2.24) is 9.97 Å². The number of nitrogens with zero attached hydrogens (tertiary/aromatic N) is 3. The van der Waals surface area contributed by atoms with Crippen molar-refractivity contribution in [3.05, 3.63) is 103 Å². The smallest absolute Gasteiger partial charge is 0.148 e. The highest BCUT2D eigenvalue weighted by Gasteiger charge is 2.27. The molecule has 2 N–H and O–H groups in total. The first-order valence-electron chi connectivity index (χ1n) is 12.4. The van der Waals surface area contributed by atoms with Crippen LogP contribution in [0.4, 0.5) is 17.1 Å². The predicted octanol–water partition coefficient (Wildman–Crippen LogP) is 7.88. The van der Waals surface area contributed by atoms with Crippen molar-refractivity contribution in [2.24, 2.45) is 5.73 Å². The van der Waals surface area contributed by atoms with E-state index in [-0.39, 0.29) is 5.41 Å². The molecule has 35 heavy (non-hydrogen) atoms. The third-order valence-electron chi connectivity index (χ3n) is 6.80. The van der Waals surface area contributed by atoms with E-state index in [1.807, 2.05) is 24.5 Å². The first-order valence-corrected chi connectivity index (χ1v) is 12.4. The Bertz CT molecular complexity index is 1200. The second-order valence-electron chi connectivity index (χ2n) is 10.1.